The van der Waals surface area contributed by atoms with Crippen LogP contribution in [-0.2, 0) is 22.6 Å². The molecular weight excluding hydrogens is 434 g/mol. The number of esters is 1. The van der Waals surface area contributed by atoms with E-state index < -0.39 is 17.7 Å². The maximum atomic E-state index is 12.9. The third kappa shape index (κ3) is 9.13. The van der Waals surface area contributed by atoms with Crippen LogP contribution in [0.15, 0.2) is 48.5 Å². The van der Waals surface area contributed by atoms with Gasteiger partial charge in [-0.15, -0.1) is 0 Å². The first kappa shape index (κ1) is 26.7. The number of carbonyl (C=O) groups is 3. The zero-order valence-electron chi connectivity index (χ0n) is 20.6. The van der Waals surface area contributed by atoms with Crippen LogP contribution in [-0.4, -0.2) is 42.2 Å². The molecule has 0 aliphatic carbocycles. The Balaban J connectivity index is 1.96. The largest absolute Gasteiger partial charge is 0.465 e. The van der Waals surface area contributed by atoms with Crippen molar-refractivity contribution in [1.29, 1.82) is 0 Å². The number of carbonyl (C=O) groups excluding carboxylic acids is 3. The number of benzene rings is 2. The van der Waals surface area contributed by atoms with Gasteiger partial charge in [0.25, 0.3) is 0 Å². The predicted octanol–water partition coefficient (Wildman–Crippen LogP) is 5.33. The van der Waals surface area contributed by atoms with Gasteiger partial charge < -0.3 is 25.0 Å². The van der Waals surface area contributed by atoms with Gasteiger partial charge in [0.2, 0.25) is 0 Å². The summed E-state index contributed by atoms with van der Waals surface area (Å²) < 4.78 is 9.96. The first-order valence-corrected chi connectivity index (χ1v) is 11.4. The summed E-state index contributed by atoms with van der Waals surface area (Å²) in [5, 5.41) is 5.65. The Hall–Kier alpha value is -3.55. The van der Waals surface area contributed by atoms with E-state index in [0.717, 1.165) is 24.0 Å². The molecule has 0 aliphatic rings. The second-order valence-corrected chi connectivity index (χ2v) is 8.95. The molecule has 0 spiro atoms. The lowest BCUT2D eigenvalue weighted by molar-refractivity contribution is 0.0522. The van der Waals surface area contributed by atoms with E-state index in [-0.39, 0.29) is 6.03 Å². The van der Waals surface area contributed by atoms with E-state index in [4.69, 9.17) is 9.47 Å². The van der Waals surface area contributed by atoms with E-state index in [0.29, 0.717) is 30.9 Å². The van der Waals surface area contributed by atoms with Gasteiger partial charge in [-0.25, -0.2) is 14.4 Å². The zero-order chi connectivity index (χ0) is 25.1. The average molecular weight is 470 g/mol. The number of rotatable bonds is 9. The van der Waals surface area contributed by atoms with Crippen molar-refractivity contribution in [1.82, 2.24) is 10.2 Å². The Labute approximate surface area is 201 Å². The first-order chi connectivity index (χ1) is 16.1. The van der Waals surface area contributed by atoms with Crippen molar-refractivity contribution in [2.45, 2.75) is 59.2 Å². The van der Waals surface area contributed by atoms with Crippen molar-refractivity contribution in [2.24, 2.45) is 0 Å². The molecule has 8 heteroatoms. The number of nitrogens with zero attached hydrogens (tertiary/aromatic N) is 1. The smallest absolute Gasteiger partial charge is 0.407 e. The van der Waals surface area contributed by atoms with E-state index in [2.05, 4.69) is 17.6 Å². The van der Waals surface area contributed by atoms with Gasteiger partial charge in [0, 0.05) is 25.3 Å². The van der Waals surface area contributed by atoms with Gasteiger partial charge >= 0.3 is 18.1 Å². The molecule has 0 radical (unpaired) electrons. The van der Waals surface area contributed by atoms with Gasteiger partial charge in [-0.05, 0) is 62.6 Å². The highest BCUT2D eigenvalue weighted by atomic mass is 16.6. The summed E-state index contributed by atoms with van der Waals surface area (Å²) in [6, 6.07) is 14.1. The zero-order valence-corrected chi connectivity index (χ0v) is 20.6. The number of alkyl carbamates (subject to hydrolysis) is 1. The minimum atomic E-state index is -0.550. The first-order valence-electron chi connectivity index (χ1n) is 11.4. The van der Waals surface area contributed by atoms with Crippen LogP contribution in [0.3, 0.4) is 0 Å². The van der Waals surface area contributed by atoms with E-state index in [9.17, 15) is 14.4 Å². The molecule has 2 aromatic carbocycles. The summed E-state index contributed by atoms with van der Waals surface area (Å²) in [7, 11) is 1.34. The van der Waals surface area contributed by atoms with Crippen molar-refractivity contribution in [3.63, 3.8) is 0 Å². The normalized spacial score (nSPS) is 10.9. The fourth-order valence-corrected chi connectivity index (χ4v) is 3.08. The third-order valence-corrected chi connectivity index (χ3v) is 4.86. The van der Waals surface area contributed by atoms with E-state index in [1.165, 1.54) is 7.11 Å². The lowest BCUT2D eigenvalue weighted by Gasteiger charge is -2.23. The molecule has 184 valence electrons. The lowest BCUT2D eigenvalue weighted by atomic mass is 10.1. The molecule has 0 bridgehead atoms. The molecule has 0 aromatic heterocycles. The fraction of sp³-hybridized carbons (Fsp3) is 0.423. The van der Waals surface area contributed by atoms with Crippen LogP contribution in [0.2, 0.25) is 0 Å². The Kier molecular flexibility index (Phi) is 9.92. The molecular formula is C26H35N3O5. The summed E-state index contributed by atoms with van der Waals surface area (Å²) >= 11 is 0. The highest BCUT2D eigenvalue weighted by Crippen LogP contribution is 2.14. The Morgan fingerprint density at radius 3 is 2.12 bits per heavy atom. The second-order valence-electron chi connectivity index (χ2n) is 8.95. The third-order valence-electron chi connectivity index (χ3n) is 4.86. The van der Waals surface area contributed by atoms with Crippen molar-refractivity contribution in [3.05, 3.63) is 65.2 Å². The van der Waals surface area contributed by atoms with Gasteiger partial charge in [-0.3, -0.25) is 0 Å². The minimum Gasteiger partial charge on any atom is -0.465 e. The van der Waals surface area contributed by atoms with Gasteiger partial charge in [-0.2, -0.15) is 0 Å². The van der Waals surface area contributed by atoms with Crippen molar-refractivity contribution >= 4 is 23.8 Å². The molecule has 0 heterocycles. The number of hydrogen-bond donors (Lipinski definition) is 2. The summed E-state index contributed by atoms with van der Waals surface area (Å²) in [5.41, 5.74) is 2.39. The van der Waals surface area contributed by atoms with Gasteiger partial charge in [-0.1, -0.05) is 37.6 Å². The van der Waals surface area contributed by atoms with E-state index >= 15 is 0 Å². The maximum Gasteiger partial charge on any atom is 0.407 e. The van der Waals surface area contributed by atoms with Crippen LogP contribution in [0.1, 0.15) is 62.0 Å². The van der Waals surface area contributed by atoms with Crippen LogP contribution >= 0.6 is 0 Å². The molecule has 0 fully saturated rings. The molecule has 2 N–H and O–H groups in total. The number of anilines is 1. The van der Waals surface area contributed by atoms with Crippen LogP contribution in [0.5, 0.6) is 0 Å². The quantitative estimate of drug-likeness (QED) is 0.484. The monoisotopic (exact) mass is 469 g/mol. The van der Waals surface area contributed by atoms with Crippen LogP contribution in [0.25, 0.3) is 0 Å². The minimum absolute atomic E-state index is 0.204. The second kappa shape index (κ2) is 12.6. The molecule has 8 nitrogen and oxygen atoms in total. The summed E-state index contributed by atoms with van der Waals surface area (Å²) in [4.78, 5) is 38.1. The van der Waals surface area contributed by atoms with Crippen LogP contribution in [0, 0.1) is 0 Å². The number of ether oxygens (including phenoxy) is 2. The number of urea groups is 1. The number of nitrogens with one attached hydrogen (secondary N) is 2. The highest BCUT2D eigenvalue weighted by Gasteiger charge is 2.16. The number of hydrogen-bond acceptors (Lipinski definition) is 5. The molecule has 0 saturated carbocycles. The Bertz CT molecular complexity index is 950. The average Bonchev–Trinajstić information content (AvgIpc) is 2.80. The molecule has 0 aliphatic heterocycles. The predicted molar refractivity (Wildman–Crippen MR) is 132 cm³/mol. The van der Waals surface area contributed by atoms with Crippen molar-refractivity contribution in [3.8, 4) is 0 Å². The Morgan fingerprint density at radius 1 is 0.941 bits per heavy atom. The van der Waals surface area contributed by atoms with Crippen LogP contribution in [0.4, 0.5) is 15.3 Å². The molecule has 2 rings (SSSR count). The number of methoxy groups -OCH3 is 1. The summed E-state index contributed by atoms with van der Waals surface area (Å²) in [5.74, 6) is -0.392. The van der Waals surface area contributed by atoms with E-state index in [1.807, 2.05) is 45.0 Å². The maximum absolute atomic E-state index is 12.9. The van der Waals surface area contributed by atoms with Gasteiger partial charge in [0.05, 0.1) is 12.7 Å². The van der Waals surface area contributed by atoms with Gasteiger partial charge in [0.15, 0.2) is 0 Å². The van der Waals surface area contributed by atoms with Gasteiger partial charge in [0.1, 0.15) is 5.60 Å². The highest BCUT2D eigenvalue weighted by molar-refractivity contribution is 5.90. The lowest BCUT2D eigenvalue weighted by Crippen LogP contribution is -2.35. The summed E-state index contributed by atoms with van der Waals surface area (Å²) in [6.07, 6.45) is 1.36. The van der Waals surface area contributed by atoms with E-state index in [1.54, 1.807) is 29.2 Å². The molecule has 34 heavy (non-hydrogen) atoms. The number of unbranched alkanes of at least 4 members (excludes halogenated alkanes) is 1. The topological polar surface area (TPSA) is 97.0 Å². The Morgan fingerprint density at radius 2 is 1.56 bits per heavy atom. The standard InChI is InChI=1S/C26H35N3O5/c1-6-7-16-29(18-20-8-12-21(13-9-20)23(30)33-5)24(31)28-22-14-10-19(11-15-22)17-27-25(32)34-26(2,3)4/h8-15H,6-7,16-18H2,1-5H3,(H,27,32)(H,28,31). The summed E-state index contributed by atoms with van der Waals surface area (Å²) in [6.45, 7) is 8.87. The fourth-order valence-electron chi connectivity index (χ4n) is 3.08. The SMILES string of the molecule is CCCCN(Cc1ccc(C(=O)OC)cc1)C(=O)Nc1ccc(CNC(=O)OC(C)(C)C)cc1. The molecule has 3 amide bonds. The molecule has 0 saturated heterocycles. The van der Waals surface area contributed by atoms with Crippen LogP contribution < -0.4 is 10.6 Å². The van der Waals surface area contributed by atoms with Crippen molar-refractivity contribution in [2.75, 3.05) is 19.0 Å². The molecule has 0 unspecified atom stereocenters. The molecule has 0 atom stereocenters. The van der Waals surface area contributed by atoms with Crippen molar-refractivity contribution < 1.29 is 23.9 Å². The molecule has 2 aromatic rings. The number of amides is 3.